The zero-order valence-corrected chi connectivity index (χ0v) is 20.8. The first-order valence-corrected chi connectivity index (χ1v) is 11.8. The van der Waals surface area contributed by atoms with E-state index in [1.54, 1.807) is 0 Å². The van der Waals surface area contributed by atoms with Crippen LogP contribution < -0.4 is 14.8 Å². The zero-order valence-electron chi connectivity index (χ0n) is 20.8. The summed E-state index contributed by atoms with van der Waals surface area (Å²) in [7, 11) is 1.34. The van der Waals surface area contributed by atoms with E-state index >= 15 is 0 Å². The number of carbonyl (C=O) groups excluding carboxylic acids is 4. The molecule has 1 amide bonds. The van der Waals surface area contributed by atoms with Gasteiger partial charge >= 0.3 is 0 Å². The fourth-order valence-corrected chi connectivity index (χ4v) is 5.28. The summed E-state index contributed by atoms with van der Waals surface area (Å²) in [4.78, 5) is 51.5. The van der Waals surface area contributed by atoms with Crippen LogP contribution in [0.15, 0.2) is 54.3 Å². The van der Waals surface area contributed by atoms with Gasteiger partial charge in [-0.05, 0) is 42.7 Å². The molecule has 0 saturated carbocycles. The largest absolute Gasteiger partial charge is 0.507 e. The molecule has 2 N–H and O–H groups in total. The lowest BCUT2D eigenvalue weighted by atomic mass is 9.67. The summed E-state index contributed by atoms with van der Waals surface area (Å²) in [5, 5.41) is 15.8. The van der Waals surface area contributed by atoms with Crippen molar-refractivity contribution in [1.82, 2.24) is 5.32 Å². The maximum Gasteiger partial charge on any atom is 0.259 e. The summed E-state index contributed by atoms with van der Waals surface area (Å²) in [6.07, 6.45) is 1.10. The van der Waals surface area contributed by atoms with Crippen LogP contribution in [0.1, 0.15) is 40.9 Å². The van der Waals surface area contributed by atoms with Gasteiger partial charge in [0.15, 0.2) is 17.3 Å². The predicted octanol–water partition coefficient (Wildman–Crippen LogP) is 3.68. The second-order valence-corrected chi connectivity index (χ2v) is 9.49. The van der Waals surface area contributed by atoms with E-state index in [0.29, 0.717) is 0 Å². The molecule has 2 atom stereocenters. The van der Waals surface area contributed by atoms with Crippen LogP contribution in [0.3, 0.4) is 0 Å². The van der Waals surface area contributed by atoms with Crippen molar-refractivity contribution in [3.05, 3.63) is 76.6 Å². The van der Waals surface area contributed by atoms with Crippen LogP contribution in [0.25, 0.3) is 10.8 Å². The van der Waals surface area contributed by atoms with Crippen LogP contribution in [0.2, 0.25) is 0 Å². The van der Waals surface area contributed by atoms with Crippen LogP contribution in [0.5, 0.6) is 17.2 Å². The molecule has 0 radical (unpaired) electrons. The predicted molar refractivity (Wildman–Crippen MR) is 135 cm³/mol. The molecule has 1 heterocycles. The number of phenols is 1. The standard InChI is InChI=1S/C29H25NO7/c1-14-9-10-16(18-8-6-5-7-17(14)18)13-30-28(35)24-21(36-4)11-20(33)25-26(24)37-22-12-19(32)23(15(2)31)27(34)29(22,25)3/h5-12,23,33H,13H2,1-4H3,(H,30,35)/t23?,29-/m1/s1. The number of allylic oxidation sites excluding steroid dienone is 2. The fraction of sp³-hybridized carbons (Fsp3) is 0.241. The van der Waals surface area contributed by atoms with Crippen molar-refractivity contribution >= 4 is 34.0 Å². The lowest BCUT2D eigenvalue weighted by Gasteiger charge is -2.30. The molecule has 1 unspecified atom stereocenters. The van der Waals surface area contributed by atoms with Gasteiger partial charge in [-0.15, -0.1) is 0 Å². The SMILES string of the molecule is COc1cc(O)c2c(c1C(=O)NCc1ccc(C)c3ccccc13)OC1=CC(=O)C(C(C)=O)C(=O)[C@]12C. The molecule has 0 spiro atoms. The first-order chi connectivity index (χ1) is 17.6. The molecule has 5 rings (SSSR count). The number of hydrogen-bond acceptors (Lipinski definition) is 7. The third kappa shape index (κ3) is 3.51. The molecule has 8 heteroatoms. The summed E-state index contributed by atoms with van der Waals surface area (Å²) >= 11 is 0. The van der Waals surface area contributed by atoms with Crippen LogP contribution >= 0.6 is 0 Å². The minimum atomic E-state index is -1.61. The Balaban J connectivity index is 1.58. The van der Waals surface area contributed by atoms with Crippen LogP contribution in [0, 0.1) is 12.8 Å². The topological polar surface area (TPSA) is 119 Å². The van der Waals surface area contributed by atoms with Crippen LogP contribution in [-0.2, 0) is 26.3 Å². The van der Waals surface area contributed by atoms with Crippen molar-refractivity contribution in [2.75, 3.05) is 7.11 Å². The minimum absolute atomic E-state index is 0.0224. The van der Waals surface area contributed by atoms with E-state index in [2.05, 4.69) is 5.32 Å². The summed E-state index contributed by atoms with van der Waals surface area (Å²) < 4.78 is 11.3. The van der Waals surface area contributed by atoms with Gasteiger partial charge in [0.25, 0.3) is 5.91 Å². The molecule has 1 aliphatic heterocycles. The highest BCUT2D eigenvalue weighted by Crippen LogP contribution is 2.56. The highest BCUT2D eigenvalue weighted by molar-refractivity contribution is 6.27. The number of ether oxygens (including phenoxy) is 2. The second-order valence-electron chi connectivity index (χ2n) is 9.49. The van der Waals surface area contributed by atoms with Crippen molar-refractivity contribution in [2.24, 2.45) is 5.92 Å². The number of hydrogen-bond donors (Lipinski definition) is 2. The maximum atomic E-state index is 13.5. The van der Waals surface area contributed by atoms with E-state index in [-0.39, 0.29) is 40.7 Å². The van der Waals surface area contributed by atoms with Gasteiger partial charge in [-0.3, -0.25) is 19.2 Å². The molecule has 0 saturated heterocycles. The monoisotopic (exact) mass is 499 g/mol. The molecule has 37 heavy (non-hydrogen) atoms. The number of carbonyl (C=O) groups is 4. The molecule has 0 fully saturated rings. The molecule has 0 aromatic heterocycles. The van der Waals surface area contributed by atoms with E-state index in [9.17, 15) is 24.3 Å². The van der Waals surface area contributed by atoms with Gasteiger partial charge < -0.3 is 19.9 Å². The molecule has 188 valence electrons. The van der Waals surface area contributed by atoms with Gasteiger partial charge in [0.2, 0.25) is 0 Å². The molecular weight excluding hydrogens is 474 g/mol. The molecule has 3 aromatic rings. The average molecular weight is 500 g/mol. The molecule has 2 aliphatic rings. The zero-order chi connectivity index (χ0) is 26.6. The Morgan fingerprint density at radius 1 is 1.14 bits per heavy atom. The van der Waals surface area contributed by atoms with Crippen molar-refractivity contribution in [3.8, 4) is 17.2 Å². The van der Waals surface area contributed by atoms with Gasteiger partial charge in [0.1, 0.15) is 39.9 Å². The Kier molecular flexibility index (Phi) is 5.62. The normalized spacial score (nSPS) is 20.1. The van der Waals surface area contributed by atoms with E-state index in [1.807, 2.05) is 43.3 Å². The average Bonchev–Trinajstić information content (AvgIpc) is 3.16. The number of Topliss-reactive ketones (excluding diaryl/α,β-unsaturated/α-hetero) is 2. The second kappa shape index (κ2) is 8.58. The lowest BCUT2D eigenvalue weighted by molar-refractivity contribution is -0.140. The number of ketones is 3. The lowest BCUT2D eigenvalue weighted by Crippen LogP contribution is -2.47. The minimum Gasteiger partial charge on any atom is -0.507 e. The molecule has 0 bridgehead atoms. The summed E-state index contributed by atoms with van der Waals surface area (Å²) in [5.74, 6) is -4.49. The highest BCUT2D eigenvalue weighted by atomic mass is 16.5. The van der Waals surface area contributed by atoms with E-state index in [0.717, 1.165) is 28.0 Å². The van der Waals surface area contributed by atoms with Crippen molar-refractivity contribution in [1.29, 1.82) is 0 Å². The number of amides is 1. The Hall–Kier alpha value is -4.46. The highest BCUT2D eigenvalue weighted by Gasteiger charge is 2.58. The Morgan fingerprint density at radius 3 is 2.51 bits per heavy atom. The smallest absolute Gasteiger partial charge is 0.259 e. The van der Waals surface area contributed by atoms with Gasteiger partial charge in [-0.1, -0.05) is 36.4 Å². The first kappa shape index (κ1) is 24.2. The van der Waals surface area contributed by atoms with Crippen LogP contribution in [-0.4, -0.2) is 35.5 Å². The van der Waals surface area contributed by atoms with Crippen molar-refractivity contribution < 1.29 is 33.8 Å². The van der Waals surface area contributed by atoms with Crippen molar-refractivity contribution in [2.45, 2.75) is 32.7 Å². The number of nitrogens with one attached hydrogen (secondary N) is 1. The Bertz CT molecular complexity index is 1570. The van der Waals surface area contributed by atoms with Crippen molar-refractivity contribution in [3.63, 3.8) is 0 Å². The number of methoxy groups -OCH3 is 1. The molecule has 8 nitrogen and oxygen atoms in total. The third-order valence-corrected chi connectivity index (χ3v) is 7.27. The first-order valence-electron chi connectivity index (χ1n) is 11.8. The quantitative estimate of drug-likeness (QED) is 0.514. The summed E-state index contributed by atoms with van der Waals surface area (Å²) in [6, 6.07) is 13.0. The number of benzene rings is 3. The van der Waals surface area contributed by atoms with Crippen LogP contribution in [0.4, 0.5) is 0 Å². The number of aryl methyl sites for hydroxylation is 1. The number of aromatic hydroxyl groups is 1. The Labute approximate surface area is 212 Å². The van der Waals surface area contributed by atoms with Gasteiger partial charge in [0, 0.05) is 18.7 Å². The summed E-state index contributed by atoms with van der Waals surface area (Å²) in [5.41, 5.74) is 0.401. The third-order valence-electron chi connectivity index (χ3n) is 7.27. The van der Waals surface area contributed by atoms with Gasteiger partial charge in [-0.25, -0.2) is 0 Å². The van der Waals surface area contributed by atoms with Gasteiger partial charge in [-0.2, -0.15) is 0 Å². The fourth-order valence-electron chi connectivity index (χ4n) is 5.28. The number of rotatable bonds is 5. The maximum absolute atomic E-state index is 13.5. The summed E-state index contributed by atoms with van der Waals surface area (Å²) in [6.45, 7) is 4.86. The number of phenolic OH excluding ortho intramolecular Hbond substituents is 1. The Morgan fingerprint density at radius 2 is 1.84 bits per heavy atom. The van der Waals surface area contributed by atoms with E-state index < -0.39 is 34.6 Å². The molecule has 1 aliphatic carbocycles. The van der Waals surface area contributed by atoms with E-state index in [1.165, 1.54) is 27.0 Å². The van der Waals surface area contributed by atoms with E-state index in [4.69, 9.17) is 9.47 Å². The molecule has 3 aromatic carbocycles. The molecular formula is C29H25NO7. The number of fused-ring (bicyclic) bond motifs is 4. The van der Waals surface area contributed by atoms with Gasteiger partial charge in [0.05, 0.1) is 12.7 Å².